The molecule has 0 aliphatic carbocycles. The van der Waals surface area contributed by atoms with E-state index in [1.54, 1.807) is 12.3 Å². The predicted molar refractivity (Wildman–Crippen MR) is 75.7 cm³/mol. The molecule has 4 nitrogen and oxygen atoms in total. The van der Waals surface area contributed by atoms with Crippen LogP contribution in [0.25, 0.3) is 0 Å². The second kappa shape index (κ2) is 6.09. The highest BCUT2D eigenvalue weighted by atomic mass is 32.2. The lowest BCUT2D eigenvalue weighted by Gasteiger charge is -2.33. The van der Waals surface area contributed by atoms with Crippen LogP contribution in [-0.2, 0) is 0 Å². The van der Waals surface area contributed by atoms with E-state index in [1.165, 1.54) is 18.4 Å². The number of hydrogen-bond donors (Lipinski definition) is 1. The first-order chi connectivity index (χ1) is 8.72. The Kier molecular flexibility index (Phi) is 4.47. The van der Waals surface area contributed by atoms with Crippen LogP contribution in [0.15, 0.2) is 18.3 Å². The highest BCUT2D eigenvalue weighted by Crippen LogP contribution is 2.20. The van der Waals surface area contributed by atoms with Gasteiger partial charge in [0.1, 0.15) is 5.82 Å². The Morgan fingerprint density at radius 2 is 2.39 bits per heavy atom. The van der Waals surface area contributed by atoms with Crippen molar-refractivity contribution in [2.75, 3.05) is 17.5 Å². The van der Waals surface area contributed by atoms with Gasteiger partial charge in [0.15, 0.2) is 0 Å². The number of amides is 1. The maximum Gasteiger partial charge on any atom is 0.254 e. The lowest BCUT2D eigenvalue weighted by atomic mass is 10.0. The Morgan fingerprint density at radius 3 is 3.11 bits per heavy atom. The van der Waals surface area contributed by atoms with Crippen molar-refractivity contribution in [3.05, 3.63) is 23.9 Å². The topological polar surface area (TPSA) is 45.2 Å². The minimum Gasteiger partial charge on any atom is -0.336 e. The zero-order valence-electron chi connectivity index (χ0n) is 10.8. The van der Waals surface area contributed by atoms with E-state index in [-0.39, 0.29) is 5.91 Å². The Morgan fingerprint density at radius 1 is 1.56 bits per heavy atom. The van der Waals surface area contributed by atoms with E-state index in [1.807, 2.05) is 17.2 Å². The fourth-order valence-electron chi connectivity index (χ4n) is 2.29. The van der Waals surface area contributed by atoms with Crippen LogP contribution in [0.1, 0.15) is 36.5 Å². The van der Waals surface area contributed by atoms with Crippen LogP contribution in [-0.4, -0.2) is 34.6 Å². The summed E-state index contributed by atoms with van der Waals surface area (Å²) in [7, 11) is 0. The van der Waals surface area contributed by atoms with Gasteiger partial charge in [0, 0.05) is 30.6 Å². The van der Waals surface area contributed by atoms with E-state index in [0.717, 1.165) is 30.8 Å². The van der Waals surface area contributed by atoms with Gasteiger partial charge in [0.2, 0.25) is 0 Å². The summed E-state index contributed by atoms with van der Waals surface area (Å²) in [5.74, 6) is 0.853. The van der Waals surface area contributed by atoms with Crippen LogP contribution in [0.2, 0.25) is 0 Å². The van der Waals surface area contributed by atoms with Crippen molar-refractivity contribution >= 4 is 23.7 Å². The van der Waals surface area contributed by atoms with E-state index in [2.05, 4.69) is 16.6 Å². The van der Waals surface area contributed by atoms with Crippen molar-refractivity contribution in [1.82, 2.24) is 9.88 Å². The minimum absolute atomic E-state index is 0.119. The number of hydrogen-bond acceptors (Lipinski definition) is 4. The fraction of sp³-hybridized carbons (Fsp3) is 0.538. The highest BCUT2D eigenvalue weighted by molar-refractivity contribution is 7.99. The molecule has 0 spiro atoms. The number of nitrogens with zero attached hydrogens (tertiary/aromatic N) is 2. The number of likely N-dealkylation sites (tertiary alicyclic amines) is 1. The number of carbonyl (C=O) groups is 1. The standard InChI is InChI=1S/C13H19N3OS/c1-10-5-3-4-8-16(10)13(17)11-6-7-14-12(9-11)15-18-2/h6-7,9-10H,3-5,8H2,1-2H3,(H,14,15). The maximum atomic E-state index is 12.4. The molecule has 18 heavy (non-hydrogen) atoms. The van der Waals surface area contributed by atoms with Gasteiger partial charge in [-0.3, -0.25) is 4.79 Å². The van der Waals surface area contributed by atoms with Gasteiger partial charge in [-0.25, -0.2) is 4.98 Å². The van der Waals surface area contributed by atoms with E-state index >= 15 is 0 Å². The normalized spacial score (nSPS) is 19.7. The van der Waals surface area contributed by atoms with Crippen molar-refractivity contribution in [3.8, 4) is 0 Å². The first kappa shape index (κ1) is 13.2. The summed E-state index contributed by atoms with van der Waals surface area (Å²) >= 11 is 1.47. The van der Waals surface area contributed by atoms with Gasteiger partial charge < -0.3 is 9.62 Å². The molecular weight excluding hydrogens is 246 g/mol. The molecule has 1 aliphatic heterocycles. The number of carbonyl (C=O) groups excluding carboxylic acids is 1. The van der Waals surface area contributed by atoms with Crippen molar-refractivity contribution in [1.29, 1.82) is 0 Å². The number of anilines is 1. The largest absolute Gasteiger partial charge is 0.336 e. The van der Waals surface area contributed by atoms with Gasteiger partial charge in [-0.05, 0) is 38.3 Å². The Bertz CT molecular complexity index is 424. The molecule has 98 valence electrons. The number of rotatable bonds is 3. The lowest BCUT2D eigenvalue weighted by Crippen LogP contribution is -2.42. The Labute approximate surface area is 112 Å². The Hall–Kier alpha value is -1.23. The molecule has 2 heterocycles. The summed E-state index contributed by atoms with van der Waals surface area (Å²) in [4.78, 5) is 18.6. The summed E-state index contributed by atoms with van der Waals surface area (Å²) in [6.07, 6.45) is 7.05. The molecule has 1 fully saturated rings. The molecule has 5 heteroatoms. The van der Waals surface area contributed by atoms with Crippen LogP contribution in [0.5, 0.6) is 0 Å². The first-order valence-electron chi connectivity index (χ1n) is 6.28. The van der Waals surface area contributed by atoms with Gasteiger partial charge in [-0.15, -0.1) is 0 Å². The molecule has 1 atom stereocenters. The summed E-state index contributed by atoms with van der Waals surface area (Å²) in [5.41, 5.74) is 0.718. The number of piperidine rings is 1. The quantitative estimate of drug-likeness (QED) is 0.854. The van der Waals surface area contributed by atoms with E-state index in [0.29, 0.717) is 6.04 Å². The van der Waals surface area contributed by atoms with Crippen molar-refractivity contribution < 1.29 is 4.79 Å². The van der Waals surface area contributed by atoms with E-state index in [9.17, 15) is 4.79 Å². The molecule has 1 saturated heterocycles. The monoisotopic (exact) mass is 265 g/mol. The molecule has 0 bridgehead atoms. The summed E-state index contributed by atoms with van der Waals surface area (Å²) in [6, 6.07) is 3.95. The average Bonchev–Trinajstić information content (AvgIpc) is 2.39. The van der Waals surface area contributed by atoms with Gasteiger partial charge >= 0.3 is 0 Å². The van der Waals surface area contributed by atoms with Crippen LogP contribution in [0.4, 0.5) is 5.82 Å². The Balaban J connectivity index is 2.14. The minimum atomic E-state index is 0.119. The average molecular weight is 265 g/mol. The number of nitrogens with one attached hydrogen (secondary N) is 1. The molecule has 2 rings (SSSR count). The molecule has 0 aromatic carbocycles. The molecular formula is C13H19N3OS. The van der Waals surface area contributed by atoms with Gasteiger partial charge in [-0.2, -0.15) is 0 Å². The molecule has 0 saturated carbocycles. The fourth-order valence-corrected chi connectivity index (χ4v) is 2.61. The van der Waals surface area contributed by atoms with Crippen LogP contribution in [0.3, 0.4) is 0 Å². The smallest absolute Gasteiger partial charge is 0.254 e. The van der Waals surface area contributed by atoms with Gasteiger partial charge in [-0.1, -0.05) is 11.9 Å². The SMILES string of the molecule is CSNc1cc(C(=O)N2CCCCC2C)ccn1. The summed E-state index contributed by atoms with van der Waals surface area (Å²) in [6.45, 7) is 2.99. The van der Waals surface area contributed by atoms with Crippen molar-refractivity contribution in [3.63, 3.8) is 0 Å². The summed E-state index contributed by atoms with van der Waals surface area (Å²) < 4.78 is 3.05. The third-order valence-corrected chi connectivity index (χ3v) is 3.69. The van der Waals surface area contributed by atoms with Crippen molar-refractivity contribution in [2.24, 2.45) is 0 Å². The zero-order valence-corrected chi connectivity index (χ0v) is 11.7. The second-order valence-corrected chi connectivity index (χ2v) is 5.19. The van der Waals surface area contributed by atoms with Crippen LogP contribution < -0.4 is 4.72 Å². The molecule has 1 unspecified atom stereocenters. The molecule has 1 aromatic rings. The molecule has 1 N–H and O–H groups in total. The van der Waals surface area contributed by atoms with Crippen LogP contribution >= 0.6 is 11.9 Å². The number of pyridine rings is 1. The highest BCUT2D eigenvalue weighted by Gasteiger charge is 2.24. The van der Waals surface area contributed by atoms with Gasteiger partial charge in [0.05, 0.1) is 0 Å². The third kappa shape index (κ3) is 2.96. The molecule has 1 aliphatic rings. The van der Waals surface area contributed by atoms with Crippen LogP contribution in [0, 0.1) is 0 Å². The molecule has 1 amide bonds. The summed E-state index contributed by atoms with van der Waals surface area (Å²) in [5, 5.41) is 0. The van der Waals surface area contributed by atoms with Gasteiger partial charge in [0.25, 0.3) is 5.91 Å². The molecule has 1 aromatic heterocycles. The third-order valence-electron chi connectivity index (χ3n) is 3.28. The van der Waals surface area contributed by atoms with E-state index < -0.39 is 0 Å². The van der Waals surface area contributed by atoms with Crippen molar-refractivity contribution in [2.45, 2.75) is 32.2 Å². The van der Waals surface area contributed by atoms with E-state index in [4.69, 9.17) is 0 Å². The number of aromatic nitrogens is 1. The molecule has 0 radical (unpaired) electrons. The maximum absolute atomic E-state index is 12.4. The first-order valence-corrected chi connectivity index (χ1v) is 7.51. The predicted octanol–water partition coefficient (Wildman–Crippen LogP) is 2.79. The second-order valence-electron chi connectivity index (χ2n) is 4.58. The lowest BCUT2D eigenvalue weighted by molar-refractivity contribution is 0.0635. The zero-order chi connectivity index (χ0) is 13.0.